The first-order valence-corrected chi connectivity index (χ1v) is 8.17. The van der Waals surface area contributed by atoms with Gasteiger partial charge in [0.2, 0.25) is 0 Å². The highest BCUT2D eigenvalue weighted by Crippen LogP contribution is 2.41. The van der Waals surface area contributed by atoms with Gasteiger partial charge in [-0.1, -0.05) is 6.92 Å². The zero-order chi connectivity index (χ0) is 15.5. The quantitative estimate of drug-likeness (QED) is 0.902. The van der Waals surface area contributed by atoms with Gasteiger partial charge in [0.15, 0.2) is 5.82 Å². The van der Waals surface area contributed by atoms with Crippen molar-refractivity contribution < 1.29 is 4.74 Å². The van der Waals surface area contributed by atoms with Crippen molar-refractivity contribution >= 4 is 0 Å². The molecule has 1 atom stereocenters. The van der Waals surface area contributed by atoms with Gasteiger partial charge in [-0.2, -0.15) is 0 Å². The van der Waals surface area contributed by atoms with Crippen LogP contribution < -0.4 is 5.32 Å². The van der Waals surface area contributed by atoms with Crippen LogP contribution in [0.3, 0.4) is 0 Å². The van der Waals surface area contributed by atoms with Crippen molar-refractivity contribution in [1.29, 1.82) is 0 Å². The fourth-order valence-electron chi connectivity index (χ4n) is 3.21. The Morgan fingerprint density at radius 3 is 2.62 bits per heavy atom. The highest BCUT2D eigenvalue weighted by molar-refractivity contribution is 5.22. The van der Waals surface area contributed by atoms with E-state index in [1.165, 1.54) is 12.8 Å². The molecule has 4 nitrogen and oxygen atoms in total. The fourth-order valence-corrected chi connectivity index (χ4v) is 3.21. The number of rotatable bonds is 5. The van der Waals surface area contributed by atoms with Crippen LogP contribution in [0.1, 0.15) is 69.6 Å². The Balaban J connectivity index is 2.31. The third-order valence-electron chi connectivity index (χ3n) is 4.83. The van der Waals surface area contributed by atoms with Crippen LogP contribution in [-0.2, 0) is 10.3 Å². The molecule has 1 saturated carbocycles. The molecule has 1 aromatic heterocycles. The first-order valence-electron chi connectivity index (χ1n) is 8.17. The van der Waals surface area contributed by atoms with Gasteiger partial charge in [-0.05, 0) is 59.4 Å². The van der Waals surface area contributed by atoms with E-state index in [-0.39, 0.29) is 11.6 Å². The van der Waals surface area contributed by atoms with Gasteiger partial charge in [-0.3, -0.25) is 0 Å². The van der Waals surface area contributed by atoms with Gasteiger partial charge in [0.25, 0.3) is 0 Å². The molecular weight excluding hydrogens is 262 g/mol. The lowest BCUT2D eigenvalue weighted by atomic mass is 9.78. The molecule has 1 heterocycles. The standard InChI is InChI=1S/C17H29N3O/c1-6-21-17(9-7-12(2)8-10-17)16-19-11-15(13(3)18-5)14(4)20-16/h11-13,18H,6-10H2,1-5H3. The Morgan fingerprint density at radius 1 is 1.43 bits per heavy atom. The van der Waals surface area contributed by atoms with E-state index in [1.807, 2.05) is 13.2 Å². The van der Waals surface area contributed by atoms with Crippen LogP contribution in [0.2, 0.25) is 0 Å². The van der Waals surface area contributed by atoms with Crippen LogP contribution in [0.4, 0.5) is 0 Å². The summed E-state index contributed by atoms with van der Waals surface area (Å²) in [6.07, 6.45) is 6.41. The van der Waals surface area contributed by atoms with E-state index < -0.39 is 0 Å². The van der Waals surface area contributed by atoms with Crippen molar-refractivity contribution in [1.82, 2.24) is 15.3 Å². The van der Waals surface area contributed by atoms with Gasteiger partial charge >= 0.3 is 0 Å². The van der Waals surface area contributed by atoms with Gasteiger partial charge in [-0.15, -0.1) is 0 Å². The first kappa shape index (κ1) is 16.4. The molecule has 0 saturated heterocycles. The van der Waals surface area contributed by atoms with E-state index in [1.54, 1.807) is 0 Å². The predicted molar refractivity (Wildman–Crippen MR) is 85.2 cm³/mol. The summed E-state index contributed by atoms with van der Waals surface area (Å²) in [7, 11) is 1.96. The minimum atomic E-state index is -0.270. The summed E-state index contributed by atoms with van der Waals surface area (Å²) in [5, 5.41) is 3.25. The highest BCUT2D eigenvalue weighted by Gasteiger charge is 2.39. The van der Waals surface area contributed by atoms with Crippen LogP contribution >= 0.6 is 0 Å². The maximum absolute atomic E-state index is 6.15. The van der Waals surface area contributed by atoms with Crippen molar-refractivity contribution in [3.8, 4) is 0 Å². The van der Waals surface area contributed by atoms with Crippen LogP contribution in [0.15, 0.2) is 6.20 Å². The number of nitrogens with one attached hydrogen (secondary N) is 1. The van der Waals surface area contributed by atoms with Crippen molar-refractivity contribution in [3.05, 3.63) is 23.3 Å². The van der Waals surface area contributed by atoms with Crippen LogP contribution in [0.5, 0.6) is 0 Å². The maximum Gasteiger partial charge on any atom is 0.160 e. The minimum absolute atomic E-state index is 0.270. The summed E-state index contributed by atoms with van der Waals surface area (Å²) in [6.45, 7) is 9.29. The Morgan fingerprint density at radius 2 is 2.10 bits per heavy atom. The second kappa shape index (κ2) is 6.84. The second-order valence-corrected chi connectivity index (χ2v) is 6.35. The molecule has 0 bridgehead atoms. The molecule has 0 aliphatic heterocycles. The van der Waals surface area contributed by atoms with E-state index in [2.05, 4.69) is 38.0 Å². The molecule has 0 radical (unpaired) electrons. The minimum Gasteiger partial charge on any atom is -0.367 e. The number of aromatic nitrogens is 2. The molecular formula is C17H29N3O. The van der Waals surface area contributed by atoms with Gasteiger partial charge in [-0.25, -0.2) is 9.97 Å². The number of ether oxygens (including phenoxy) is 1. The molecule has 1 aliphatic rings. The third kappa shape index (κ3) is 3.43. The molecule has 2 rings (SSSR count). The molecule has 4 heteroatoms. The Hall–Kier alpha value is -1.00. The van der Waals surface area contributed by atoms with Crippen molar-refractivity contribution in [2.24, 2.45) is 5.92 Å². The summed E-state index contributed by atoms with van der Waals surface area (Å²) in [4.78, 5) is 9.48. The van der Waals surface area contributed by atoms with Crippen LogP contribution in [-0.4, -0.2) is 23.6 Å². The molecule has 1 fully saturated rings. The second-order valence-electron chi connectivity index (χ2n) is 6.35. The average molecular weight is 291 g/mol. The number of aryl methyl sites for hydroxylation is 1. The van der Waals surface area contributed by atoms with Crippen LogP contribution in [0.25, 0.3) is 0 Å². The lowest BCUT2D eigenvalue weighted by Gasteiger charge is -2.38. The molecule has 21 heavy (non-hydrogen) atoms. The Labute approximate surface area is 128 Å². The van der Waals surface area contributed by atoms with Gasteiger partial charge in [0.1, 0.15) is 5.60 Å². The predicted octanol–water partition coefficient (Wildman–Crippen LogP) is 3.51. The van der Waals surface area contributed by atoms with Crippen LogP contribution in [0, 0.1) is 12.8 Å². The first-order chi connectivity index (χ1) is 10.0. The molecule has 1 unspecified atom stereocenters. The van der Waals surface area contributed by atoms with E-state index in [0.717, 1.165) is 35.8 Å². The van der Waals surface area contributed by atoms with Gasteiger partial charge < -0.3 is 10.1 Å². The molecule has 118 valence electrons. The summed E-state index contributed by atoms with van der Waals surface area (Å²) in [6, 6.07) is 0.272. The average Bonchev–Trinajstić information content (AvgIpc) is 2.49. The SMILES string of the molecule is CCOC1(c2ncc(C(C)NC)c(C)n2)CCC(C)CC1. The number of hydrogen-bond donors (Lipinski definition) is 1. The van der Waals surface area contributed by atoms with E-state index >= 15 is 0 Å². The lowest BCUT2D eigenvalue weighted by molar-refractivity contribution is -0.0838. The molecule has 1 N–H and O–H groups in total. The largest absolute Gasteiger partial charge is 0.367 e. The smallest absolute Gasteiger partial charge is 0.160 e. The van der Waals surface area contributed by atoms with Crippen molar-refractivity contribution in [3.63, 3.8) is 0 Å². The molecule has 1 aromatic rings. The maximum atomic E-state index is 6.15. The third-order valence-corrected chi connectivity index (χ3v) is 4.83. The van der Waals surface area contributed by atoms with Crippen molar-refractivity contribution in [2.75, 3.05) is 13.7 Å². The van der Waals surface area contributed by atoms with Gasteiger partial charge in [0, 0.05) is 30.1 Å². The Kier molecular flexibility index (Phi) is 5.33. The van der Waals surface area contributed by atoms with Gasteiger partial charge in [0.05, 0.1) is 0 Å². The number of hydrogen-bond acceptors (Lipinski definition) is 4. The molecule has 0 aromatic carbocycles. The topological polar surface area (TPSA) is 47.0 Å². The van der Waals surface area contributed by atoms with E-state index in [4.69, 9.17) is 9.72 Å². The highest BCUT2D eigenvalue weighted by atomic mass is 16.5. The summed E-state index contributed by atoms with van der Waals surface area (Å²) in [5.74, 6) is 1.66. The monoisotopic (exact) mass is 291 g/mol. The zero-order valence-corrected chi connectivity index (χ0v) is 14.1. The zero-order valence-electron chi connectivity index (χ0n) is 14.1. The molecule has 0 spiro atoms. The normalized spacial score (nSPS) is 27.6. The fraction of sp³-hybridized carbons (Fsp3) is 0.765. The van der Waals surface area contributed by atoms with Crippen molar-refractivity contribution in [2.45, 2.75) is 65.0 Å². The summed E-state index contributed by atoms with van der Waals surface area (Å²) in [5.41, 5.74) is 1.95. The summed E-state index contributed by atoms with van der Waals surface area (Å²) >= 11 is 0. The molecule has 1 aliphatic carbocycles. The van der Waals surface area contributed by atoms with E-state index in [0.29, 0.717) is 6.61 Å². The lowest BCUT2D eigenvalue weighted by Crippen LogP contribution is -2.36. The number of nitrogens with zero attached hydrogens (tertiary/aromatic N) is 2. The molecule has 0 amide bonds. The summed E-state index contributed by atoms with van der Waals surface area (Å²) < 4.78 is 6.15. The van der Waals surface area contributed by atoms with E-state index in [9.17, 15) is 0 Å². The Bertz CT molecular complexity index is 467.